The summed E-state index contributed by atoms with van der Waals surface area (Å²) in [5, 5.41) is 0. The summed E-state index contributed by atoms with van der Waals surface area (Å²) < 4.78 is 42.9. The Bertz CT molecular complexity index is 1270. The molecule has 6 nitrogen and oxygen atoms in total. The standard InChI is InChI=1S/C24H34N4O2S2/c1-23(2,3)21-10-18-9-16(15-32(26,30)20(18)14-28-21)12-24(4,5)22-11-19-17(13-27-22)7-6-8-31(19,25)29/h10-11,13-14,16,25-26H,6-9,12,15H2,1-5H3. The predicted molar refractivity (Wildman–Crippen MR) is 128 cm³/mol. The minimum atomic E-state index is -2.90. The third-order valence-electron chi connectivity index (χ3n) is 6.72. The van der Waals surface area contributed by atoms with Gasteiger partial charge in [0.1, 0.15) is 0 Å². The van der Waals surface area contributed by atoms with Crippen molar-refractivity contribution in [1.82, 2.24) is 9.97 Å². The van der Waals surface area contributed by atoms with Crippen LogP contribution in [0.25, 0.3) is 0 Å². The van der Waals surface area contributed by atoms with Crippen LogP contribution < -0.4 is 0 Å². The molecule has 8 heteroatoms. The van der Waals surface area contributed by atoms with Gasteiger partial charge in [0.25, 0.3) is 0 Å². The van der Waals surface area contributed by atoms with Gasteiger partial charge in [-0.2, -0.15) is 0 Å². The molecule has 0 aromatic carbocycles. The SMILES string of the molecule is CC(C)(C)c1cc2c(cn1)S(=N)(=O)CC(CC(C)(C)c1cc3c(cn1)CCCS3(=N)=O)C2. The second-order valence-corrected chi connectivity index (χ2v) is 15.4. The number of fused-ring (bicyclic) bond motifs is 2. The van der Waals surface area contributed by atoms with Gasteiger partial charge in [-0.15, -0.1) is 0 Å². The number of hydrogen-bond acceptors (Lipinski definition) is 6. The molecular weight excluding hydrogens is 440 g/mol. The minimum absolute atomic E-state index is 0.0795. The Morgan fingerprint density at radius 1 is 0.938 bits per heavy atom. The van der Waals surface area contributed by atoms with Crippen molar-refractivity contribution in [3.05, 3.63) is 47.0 Å². The Kier molecular flexibility index (Phi) is 5.56. The molecule has 32 heavy (non-hydrogen) atoms. The summed E-state index contributed by atoms with van der Waals surface area (Å²) in [6.45, 7) is 10.5. The predicted octanol–water partition coefficient (Wildman–Crippen LogP) is 5.07. The van der Waals surface area contributed by atoms with Crippen LogP contribution in [0, 0.1) is 15.5 Å². The highest BCUT2D eigenvalue weighted by Gasteiger charge is 2.35. The van der Waals surface area contributed by atoms with Gasteiger partial charge in [0.15, 0.2) is 0 Å². The topological polar surface area (TPSA) is 108 Å². The third-order valence-corrected chi connectivity index (χ3v) is 10.7. The number of aryl methyl sites for hydroxylation is 1. The Morgan fingerprint density at radius 3 is 2.31 bits per heavy atom. The van der Waals surface area contributed by atoms with Crippen LogP contribution in [-0.4, -0.2) is 29.9 Å². The maximum Gasteiger partial charge on any atom is 0.0746 e. The molecular formula is C24H34N4O2S2. The maximum atomic E-state index is 13.2. The van der Waals surface area contributed by atoms with Gasteiger partial charge in [0.2, 0.25) is 0 Å². The molecule has 0 bridgehead atoms. The second kappa shape index (κ2) is 7.62. The molecule has 0 saturated heterocycles. The van der Waals surface area contributed by atoms with Gasteiger partial charge in [-0.25, -0.2) is 18.0 Å². The Morgan fingerprint density at radius 2 is 1.62 bits per heavy atom. The van der Waals surface area contributed by atoms with Crippen molar-refractivity contribution in [3.8, 4) is 0 Å². The lowest BCUT2D eigenvalue weighted by molar-refractivity contribution is 0.366. The smallest absolute Gasteiger partial charge is 0.0746 e. The molecule has 0 amide bonds. The van der Waals surface area contributed by atoms with E-state index in [1.165, 1.54) is 0 Å². The molecule has 0 saturated carbocycles. The maximum absolute atomic E-state index is 13.2. The lowest BCUT2D eigenvalue weighted by atomic mass is 9.78. The highest BCUT2D eigenvalue weighted by molar-refractivity contribution is 7.92. The van der Waals surface area contributed by atoms with Crippen molar-refractivity contribution >= 4 is 19.5 Å². The first-order chi connectivity index (χ1) is 14.7. The quantitative estimate of drug-likeness (QED) is 0.647. The number of aromatic nitrogens is 2. The van der Waals surface area contributed by atoms with Gasteiger partial charge in [-0.1, -0.05) is 34.6 Å². The van der Waals surface area contributed by atoms with Crippen LogP contribution >= 0.6 is 0 Å². The third kappa shape index (κ3) is 4.36. The van der Waals surface area contributed by atoms with Gasteiger partial charge in [0.05, 0.1) is 29.2 Å². The summed E-state index contributed by atoms with van der Waals surface area (Å²) in [5.74, 6) is 0.810. The molecule has 4 rings (SSSR count). The first-order valence-corrected chi connectivity index (χ1v) is 14.7. The monoisotopic (exact) mass is 474 g/mol. The van der Waals surface area contributed by atoms with Gasteiger partial charge < -0.3 is 0 Å². The van der Waals surface area contributed by atoms with Gasteiger partial charge >= 0.3 is 0 Å². The molecule has 2 aliphatic rings. The van der Waals surface area contributed by atoms with Crippen LogP contribution in [0.15, 0.2) is 34.3 Å². The zero-order valence-corrected chi connectivity index (χ0v) is 21.3. The van der Waals surface area contributed by atoms with E-state index in [9.17, 15) is 8.42 Å². The van der Waals surface area contributed by atoms with Crippen LogP contribution in [0.2, 0.25) is 0 Å². The minimum Gasteiger partial charge on any atom is -0.260 e. The summed E-state index contributed by atoms with van der Waals surface area (Å²) in [4.78, 5) is 10.4. The van der Waals surface area contributed by atoms with E-state index < -0.39 is 19.5 Å². The van der Waals surface area contributed by atoms with Gasteiger partial charge in [-0.3, -0.25) is 9.97 Å². The largest absolute Gasteiger partial charge is 0.260 e. The Balaban J connectivity index is 1.65. The molecule has 2 aliphatic heterocycles. The fourth-order valence-corrected chi connectivity index (χ4v) is 8.52. The molecule has 3 unspecified atom stereocenters. The van der Waals surface area contributed by atoms with Crippen LogP contribution in [-0.2, 0) is 43.1 Å². The van der Waals surface area contributed by atoms with E-state index in [0.717, 1.165) is 48.2 Å². The summed E-state index contributed by atoms with van der Waals surface area (Å²) >= 11 is 0. The summed E-state index contributed by atoms with van der Waals surface area (Å²) in [7, 11) is -5.66. The van der Waals surface area contributed by atoms with Crippen LogP contribution in [0.4, 0.5) is 0 Å². The number of hydrogen-bond donors (Lipinski definition) is 2. The normalized spacial score (nSPS) is 28.1. The lowest BCUT2D eigenvalue weighted by Crippen LogP contribution is -2.32. The number of nitrogens with zero attached hydrogens (tertiary/aromatic N) is 2. The van der Waals surface area contributed by atoms with E-state index in [1.807, 2.05) is 12.1 Å². The molecule has 0 radical (unpaired) electrons. The van der Waals surface area contributed by atoms with Gasteiger partial charge in [0, 0.05) is 46.1 Å². The Labute approximate surface area is 192 Å². The summed E-state index contributed by atoms with van der Waals surface area (Å²) in [6, 6.07) is 3.91. The zero-order chi connectivity index (χ0) is 23.5. The highest BCUT2D eigenvalue weighted by Crippen LogP contribution is 2.39. The molecule has 4 heterocycles. The fourth-order valence-electron chi connectivity index (χ4n) is 5.01. The van der Waals surface area contributed by atoms with Crippen molar-refractivity contribution in [2.45, 2.75) is 80.9 Å². The first kappa shape index (κ1) is 23.4. The fraction of sp³-hybridized carbons (Fsp3) is 0.583. The average molecular weight is 475 g/mol. The van der Waals surface area contributed by atoms with Crippen molar-refractivity contribution in [2.75, 3.05) is 11.5 Å². The van der Waals surface area contributed by atoms with E-state index in [4.69, 9.17) is 9.56 Å². The van der Waals surface area contributed by atoms with Crippen molar-refractivity contribution < 1.29 is 8.42 Å². The van der Waals surface area contributed by atoms with Crippen molar-refractivity contribution in [2.24, 2.45) is 5.92 Å². The van der Waals surface area contributed by atoms with Crippen LogP contribution in [0.1, 0.15) is 70.0 Å². The average Bonchev–Trinajstić information content (AvgIpc) is 2.65. The van der Waals surface area contributed by atoms with Gasteiger partial charge in [-0.05, 0) is 54.9 Å². The van der Waals surface area contributed by atoms with E-state index in [2.05, 4.69) is 44.6 Å². The highest BCUT2D eigenvalue weighted by atomic mass is 32.2. The van der Waals surface area contributed by atoms with E-state index >= 15 is 0 Å². The van der Waals surface area contributed by atoms with E-state index in [0.29, 0.717) is 21.3 Å². The molecule has 0 aliphatic carbocycles. The van der Waals surface area contributed by atoms with Crippen LogP contribution in [0.5, 0.6) is 0 Å². The number of rotatable bonds is 3. The van der Waals surface area contributed by atoms with E-state index in [-0.39, 0.29) is 16.7 Å². The first-order valence-electron chi connectivity index (χ1n) is 11.2. The van der Waals surface area contributed by atoms with E-state index in [1.54, 1.807) is 12.4 Å². The summed E-state index contributed by atoms with van der Waals surface area (Å²) in [6.07, 6.45) is 6.53. The zero-order valence-electron chi connectivity index (χ0n) is 19.7. The van der Waals surface area contributed by atoms with Crippen molar-refractivity contribution in [3.63, 3.8) is 0 Å². The molecule has 174 valence electrons. The number of pyridine rings is 2. The second-order valence-electron chi connectivity index (χ2n) is 11.1. The van der Waals surface area contributed by atoms with Crippen LogP contribution in [0.3, 0.4) is 0 Å². The molecule has 2 N–H and O–H groups in total. The molecule has 0 spiro atoms. The number of nitrogens with one attached hydrogen (secondary N) is 2. The Hall–Kier alpha value is -1.80. The van der Waals surface area contributed by atoms with Crippen molar-refractivity contribution in [1.29, 1.82) is 9.56 Å². The molecule has 2 aromatic heterocycles. The summed E-state index contributed by atoms with van der Waals surface area (Å²) in [5.41, 5.74) is 3.22. The molecule has 0 fully saturated rings. The molecule has 2 aromatic rings. The molecule has 3 atom stereocenters. The lowest BCUT2D eigenvalue weighted by Gasteiger charge is -2.34.